The van der Waals surface area contributed by atoms with Gasteiger partial charge in [0.15, 0.2) is 0 Å². The Labute approximate surface area is 188 Å². The fourth-order valence-electron chi connectivity index (χ4n) is 2.68. The summed E-state index contributed by atoms with van der Waals surface area (Å²) in [6, 6.07) is 9.99. The molecule has 0 heterocycles. The van der Waals surface area contributed by atoms with Crippen LogP contribution in [0.1, 0.15) is 31.9 Å². The van der Waals surface area contributed by atoms with Crippen LogP contribution in [-0.4, -0.2) is 37.9 Å². The number of carbonyl (C=O) groups is 1. The molecule has 8 heteroatoms. The molecule has 2 aromatic rings. The number of anilines is 1. The Hall–Kier alpha value is -1.70. The van der Waals surface area contributed by atoms with Crippen molar-refractivity contribution in [3.05, 3.63) is 52.5 Å². The highest BCUT2D eigenvalue weighted by atomic mass is 35.5. The van der Waals surface area contributed by atoms with E-state index < -0.39 is 9.84 Å². The largest absolute Gasteiger partial charge is 0.375 e. The number of sulfone groups is 1. The Morgan fingerprint density at radius 3 is 2.30 bits per heavy atom. The predicted molar refractivity (Wildman–Crippen MR) is 127 cm³/mol. The van der Waals surface area contributed by atoms with Gasteiger partial charge in [0.1, 0.15) is 4.90 Å². The Morgan fingerprint density at radius 1 is 1.07 bits per heavy atom. The molecule has 2 rings (SSSR count). The van der Waals surface area contributed by atoms with Crippen molar-refractivity contribution in [3.8, 4) is 0 Å². The monoisotopic (exact) mass is 468 g/mol. The second-order valence-corrected chi connectivity index (χ2v) is 12.2. The van der Waals surface area contributed by atoms with Gasteiger partial charge in [-0.2, -0.15) is 11.8 Å². The molecule has 0 aliphatic carbocycles. The van der Waals surface area contributed by atoms with Crippen LogP contribution < -0.4 is 10.6 Å². The fraction of sp³-hybridized carbons (Fsp3) is 0.409. The number of benzene rings is 2. The number of nitrogens with one attached hydrogen (secondary N) is 2. The van der Waals surface area contributed by atoms with Gasteiger partial charge in [-0.3, -0.25) is 4.79 Å². The highest BCUT2D eigenvalue weighted by Gasteiger charge is 2.26. The molecular weight excluding hydrogens is 440 g/mol. The normalized spacial score (nSPS) is 11.9. The van der Waals surface area contributed by atoms with Gasteiger partial charge in [-0.25, -0.2) is 8.42 Å². The Morgan fingerprint density at radius 2 is 1.70 bits per heavy atom. The van der Waals surface area contributed by atoms with Crippen LogP contribution in [0.3, 0.4) is 0 Å². The van der Waals surface area contributed by atoms with Gasteiger partial charge in [0, 0.05) is 17.0 Å². The predicted octanol–water partition coefficient (Wildman–Crippen LogP) is 4.85. The maximum atomic E-state index is 13.3. The second-order valence-electron chi connectivity index (χ2n) is 8.05. The van der Waals surface area contributed by atoms with Gasteiger partial charge in [0.05, 0.1) is 22.2 Å². The first kappa shape index (κ1) is 24.6. The van der Waals surface area contributed by atoms with Crippen LogP contribution in [0, 0.1) is 13.8 Å². The third-order valence-electron chi connectivity index (χ3n) is 4.29. The van der Waals surface area contributed by atoms with Crippen LogP contribution in [0.4, 0.5) is 5.69 Å². The summed E-state index contributed by atoms with van der Waals surface area (Å²) in [5, 5.41) is 5.94. The van der Waals surface area contributed by atoms with E-state index >= 15 is 0 Å². The van der Waals surface area contributed by atoms with Gasteiger partial charge in [0.25, 0.3) is 0 Å². The molecule has 0 radical (unpaired) electrons. The first-order valence-corrected chi connectivity index (χ1v) is 12.5. The molecule has 30 heavy (non-hydrogen) atoms. The highest BCUT2D eigenvalue weighted by molar-refractivity contribution is 8.00. The number of aryl methyl sites for hydroxylation is 2. The maximum absolute atomic E-state index is 13.3. The average Bonchev–Trinajstić information content (AvgIpc) is 2.65. The molecule has 0 unspecified atom stereocenters. The molecule has 164 valence electrons. The van der Waals surface area contributed by atoms with Crippen LogP contribution >= 0.6 is 23.4 Å². The van der Waals surface area contributed by atoms with Crippen molar-refractivity contribution in [2.24, 2.45) is 0 Å². The van der Waals surface area contributed by atoms with E-state index in [1.54, 1.807) is 55.1 Å². The number of carbonyl (C=O) groups excluding carboxylic acids is 1. The van der Waals surface area contributed by atoms with Gasteiger partial charge < -0.3 is 10.6 Å². The van der Waals surface area contributed by atoms with Crippen molar-refractivity contribution >= 4 is 44.8 Å². The quantitative estimate of drug-likeness (QED) is 0.541. The number of thioether (sulfide) groups is 1. The van der Waals surface area contributed by atoms with Crippen LogP contribution in [0.15, 0.2) is 46.2 Å². The summed E-state index contributed by atoms with van der Waals surface area (Å²) in [4.78, 5) is 12.3. The number of amides is 1. The lowest BCUT2D eigenvalue weighted by Gasteiger charge is -2.18. The molecule has 0 aliphatic rings. The molecule has 0 saturated carbocycles. The Balaban J connectivity index is 2.17. The first-order valence-electron chi connectivity index (χ1n) is 9.67. The average molecular weight is 469 g/mol. The molecule has 0 aliphatic heterocycles. The smallest absolute Gasteiger partial charge is 0.239 e. The van der Waals surface area contributed by atoms with Gasteiger partial charge in [-0.1, -0.05) is 56.1 Å². The molecule has 0 atom stereocenters. The lowest BCUT2D eigenvalue weighted by atomic mass is 10.2. The van der Waals surface area contributed by atoms with Crippen LogP contribution in [0.25, 0.3) is 0 Å². The SMILES string of the molecule is Cc1ccc(S(=O)(=O)c2c(NCC(=O)NCCSC(C)(C)C)ccc(C)c2Cl)cc1. The summed E-state index contributed by atoms with van der Waals surface area (Å²) in [5.41, 5.74) is 1.92. The van der Waals surface area contributed by atoms with E-state index in [1.807, 2.05) is 6.92 Å². The zero-order valence-corrected chi connectivity index (χ0v) is 20.4. The fourth-order valence-corrected chi connectivity index (χ4v) is 5.52. The molecule has 0 spiro atoms. The molecule has 2 N–H and O–H groups in total. The van der Waals surface area contributed by atoms with Crippen molar-refractivity contribution in [2.75, 3.05) is 24.2 Å². The topological polar surface area (TPSA) is 75.3 Å². The number of rotatable bonds is 8. The van der Waals surface area contributed by atoms with E-state index in [-0.39, 0.29) is 32.0 Å². The molecular formula is C22H29ClN2O3S2. The van der Waals surface area contributed by atoms with Gasteiger partial charge in [-0.15, -0.1) is 0 Å². The minimum Gasteiger partial charge on any atom is -0.375 e. The third-order valence-corrected chi connectivity index (χ3v) is 8.02. The van der Waals surface area contributed by atoms with Crippen LogP contribution in [0.5, 0.6) is 0 Å². The van der Waals surface area contributed by atoms with E-state index in [4.69, 9.17) is 11.6 Å². The van der Waals surface area contributed by atoms with E-state index in [2.05, 4.69) is 31.4 Å². The summed E-state index contributed by atoms with van der Waals surface area (Å²) in [6.45, 7) is 10.5. The first-order chi connectivity index (χ1) is 13.9. The summed E-state index contributed by atoms with van der Waals surface area (Å²) >= 11 is 8.17. The summed E-state index contributed by atoms with van der Waals surface area (Å²) in [7, 11) is -3.85. The highest BCUT2D eigenvalue weighted by Crippen LogP contribution is 2.36. The van der Waals surface area contributed by atoms with E-state index in [0.717, 1.165) is 11.3 Å². The molecule has 0 bridgehead atoms. The van der Waals surface area contributed by atoms with Crippen LogP contribution in [-0.2, 0) is 14.6 Å². The Kier molecular flexibility index (Phi) is 8.25. The zero-order valence-electron chi connectivity index (χ0n) is 18.0. The summed E-state index contributed by atoms with van der Waals surface area (Å²) in [5.74, 6) is 0.596. The standard InChI is InChI=1S/C22H29ClN2O3S2/c1-15-6-9-17(10-7-15)30(27,28)21-18(11-8-16(2)20(21)23)25-14-19(26)24-12-13-29-22(3,4)5/h6-11,25H,12-14H2,1-5H3,(H,24,26). The van der Waals surface area contributed by atoms with Crippen molar-refractivity contribution < 1.29 is 13.2 Å². The molecule has 0 aromatic heterocycles. The molecule has 1 amide bonds. The molecule has 2 aromatic carbocycles. The van der Waals surface area contributed by atoms with Crippen molar-refractivity contribution in [1.82, 2.24) is 5.32 Å². The lowest BCUT2D eigenvalue weighted by molar-refractivity contribution is -0.119. The maximum Gasteiger partial charge on any atom is 0.239 e. The van der Waals surface area contributed by atoms with Gasteiger partial charge in [-0.05, 0) is 37.6 Å². The summed E-state index contributed by atoms with van der Waals surface area (Å²) < 4.78 is 26.7. The number of halogens is 1. The molecule has 0 saturated heterocycles. The second kappa shape index (κ2) is 10.1. The van der Waals surface area contributed by atoms with E-state index in [0.29, 0.717) is 17.8 Å². The van der Waals surface area contributed by atoms with Gasteiger partial charge >= 0.3 is 0 Å². The number of hydrogen-bond acceptors (Lipinski definition) is 5. The van der Waals surface area contributed by atoms with Gasteiger partial charge in [0.2, 0.25) is 15.7 Å². The number of hydrogen-bond donors (Lipinski definition) is 2. The zero-order chi connectivity index (χ0) is 22.5. The minimum atomic E-state index is -3.85. The Bertz CT molecular complexity index is 998. The third kappa shape index (κ3) is 6.65. The van der Waals surface area contributed by atoms with Crippen LogP contribution in [0.2, 0.25) is 5.02 Å². The van der Waals surface area contributed by atoms with Crippen molar-refractivity contribution in [2.45, 2.75) is 49.2 Å². The van der Waals surface area contributed by atoms with Crippen molar-refractivity contribution in [1.29, 1.82) is 0 Å². The van der Waals surface area contributed by atoms with E-state index in [1.165, 1.54) is 0 Å². The summed E-state index contributed by atoms with van der Waals surface area (Å²) in [6.07, 6.45) is 0. The van der Waals surface area contributed by atoms with Crippen molar-refractivity contribution in [3.63, 3.8) is 0 Å². The molecule has 0 fully saturated rings. The van der Waals surface area contributed by atoms with E-state index in [9.17, 15) is 13.2 Å². The molecule has 5 nitrogen and oxygen atoms in total. The minimum absolute atomic E-state index is 0.0101. The lowest BCUT2D eigenvalue weighted by Crippen LogP contribution is -2.32.